The molecule has 1 N–H and O–H groups in total. The highest BCUT2D eigenvalue weighted by atomic mass is 35.5. The lowest BCUT2D eigenvalue weighted by Crippen LogP contribution is -2.47. The summed E-state index contributed by atoms with van der Waals surface area (Å²) in [4.78, 5) is 13.0. The van der Waals surface area contributed by atoms with E-state index < -0.39 is 22.0 Å². The van der Waals surface area contributed by atoms with E-state index in [-0.39, 0.29) is 22.3 Å². The molecule has 0 unspecified atom stereocenters. The fourth-order valence-electron chi connectivity index (χ4n) is 2.92. The van der Waals surface area contributed by atoms with E-state index in [9.17, 15) is 13.2 Å². The summed E-state index contributed by atoms with van der Waals surface area (Å²) >= 11 is 15.0. The van der Waals surface area contributed by atoms with E-state index in [1.54, 1.807) is 13.0 Å². The number of amides is 1. The average Bonchev–Trinajstić information content (AvgIpc) is 3.19. The predicted molar refractivity (Wildman–Crippen MR) is 132 cm³/mol. The van der Waals surface area contributed by atoms with Crippen molar-refractivity contribution in [1.29, 1.82) is 0 Å². The predicted octanol–water partition coefficient (Wildman–Crippen LogP) is 5.32. The summed E-state index contributed by atoms with van der Waals surface area (Å²) in [6.07, 6.45) is 1.22. The first-order chi connectivity index (χ1) is 15.2. The van der Waals surface area contributed by atoms with Crippen LogP contribution >= 0.6 is 46.3 Å². The van der Waals surface area contributed by atoms with Gasteiger partial charge in [-0.15, -0.1) is 10.2 Å². The lowest BCUT2D eigenvalue weighted by Gasteiger charge is -2.30. The quantitative estimate of drug-likeness (QED) is 0.297. The number of carbonyl (C=O) groups excluding carboxylic acids is 1. The zero-order valence-corrected chi connectivity index (χ0v) is 21.1. The summed E-state index contributed by atoms with van der Waals surface area (Å²) in [6, 6.07) is 13.3. The van der Waals surface area contributed by atoms with Gasteiger partial charge in [0, 0.05) is 10.8 Å². The molecule has 12 heteroatoms. The Labute approximate surface area is 205 Å². The van der Waals surface area contributed by atoms with Crippen LogP contribution in [0.4, 0.5) is 10.8 Å². The normalized spacial score (nSPS) is 12.4. The minimum atomic E-state index is -3.85. The Hall–Kier alpha value is -1.85. The molecule has 7 nitrogen and oxygen atoms in total. The Morgan fingerprint density at radius 1 is 1.19 bits per heavy atom. The van der Waals surface area contributed by atoms with Gasteiger partial charge in [0.1, 0.15) is 6.04 Å². The number of sulfonamides is 1. The first-order valence-electron chi connectivity index (χ1n) is 9.44. The number of hydrogen-bond donors (Lipinski definition) is 1. The van der Waals surface area contributed by atoms with Crippen molar-refractivity contribution in [2.24, 2.45) is 0 Å². The van der Waals surface area contributed by atoms with Crippen molar-refractivity contribution in [2.45, 2.75) is 29.5 Å². The standard InChI is InChI=1S/C20H20Cl2N4O3S3/c1-3-16(26(32(2,28)29)17-11-14(21)9-10-15(17)22)18(27)23-19-24-25-20(31-19)30-12-13-7-5-4-6-8-13/h4-11,16H,3,12H2,1-2H3,(H,23,24,27)/t16-/m0/s1. The molecular formula is C20H20Cl2N4O3S3. The molecule has 1 heterocycles. The third kappa shape index (κ3) is 6.35. The van der Waals surface area contributed by atoms with Gasteiger partial charge in [-0.05, 0) is 30.2 Å². The Kier molecular flexibility index (Phi) is 8.40. The molecule has 170 valence electrons. The number of hydrogen-bond acceptors (Lipinski definition) is 7. The van der Waals surface area contributed by atoms with Crippen molar-refractivity contribution < 1.29 is 13.2 Å². The second-order valence-electron chi connectivity index (χ2n) is 6.72. The Bertz CT molecular complexity index is 1190. The molecule has 3 aromatic rings. The molecule has 0 spiro atoms. The number of anilines is 2. The summed E-state index contributed by atoms with van der Waals surface area (Å²) in [5.41, 5.74) is 1.28. The third-order valence-corrected chi connectivity index (χ3v) is 8.08. The number of nitrogens with one attached hydrogen (secondary N) is 1. The number of carbonyl (C=O) groups is 1. The van der Waals surface area contributed by atoms with Crippen LogP contribution in [0.25, 0.3) is 0 Å². The van der Waals surface area contributed by atoms with Gasteiger partial charge in [0.15, 0.2) is 4.34 Å². The fraction of sp³-hybridized carbons (Fsp3) is 0.250. The van der Waals surface area contributed by atoms with Crippen molar-refractivity contribution in [1.82, 2.24) is 10.2 Å². The third-order valence-electron chi connectivity index (χ3n) is 4.32. The van der Waals surface area contributed by atoms with Crippen LogP contribution in [0, 0.1) is 0 Å². The van der Waals surface area contributed by atoms with Crippen LogP contribution in [0.1, 0.15) is 18.9 Å². The lowest BCUT2D eigenvalue weighted by molar-refractivity contribution is -0.117. The zero-order chi connectivity index (χ0) is 23.3. The van der Waals surface area contributed by atoms with E-state index in [0.717, 1.165) is 21.9 Å². The maximum atomic E-state index is 13.0. The molecular weight excluding hydrogens is 511 g/mol. The van der Waals surface area contributed by atoms with E-state index in [0.29, 0.717) is 9.36 Å². The van der Waals surface area contributed by atoms with Crippen molar-refractivity contribution in [3.8, 4) is 0 Å². The molecule has 2 aromatic carbocycles. The minimum absolute atomic E-state index is 0.139. The molecule has 1 atom stereocenters. The summed E-state index contributed by atoms with van der Waals surface area (Å²) in [6.45, 7) is 1.71. The van der Waals surface area contributed by atoms with Crippen LogP contribution in [0.15, 0.2) is 52.9 Å². The van der Waals surface area contributed by atoms with Crippen molar-refractivity contribution in [2.75, 3.05) is 15.9 Å². The number of nitrogens with zero attached hydrogens (tertiary/aromatic N) is 3. The van der Waals surface area contributed by atoms with Gasteiger partial charge in [0.25, 0.3) is 0 Å². The number of thioether (sulfide) groups is 1. The minimum Gasteiger partial charge on any atom is -0.299 e. The largest absolute Gasteiger partial charge is 0.299 e. The fourth-order valence-corrected chi connectivity index (χ4v) is 6.27. The van der Waals surface area contributed by atoms with E-state index in [2.05, 4.69) is 15.5 Å². The van der Waals surface area contributed by atoms with Gasteiger partial charge in [-0.2, -0.15) is 0 Å². The van der Waals surface area contributed by atoms with Crippen LogP contribution in [0.3, 0.4) is 0 Å². The molecule has 0 saturated carbocycles. The van der Waals surface area contributed by atoms with Gasteiger partial charge in [-0.25, -0.2) is 8.42 Å². The van der Waals surface area contributed by atoms with Gasteiger partial charge in [-0.1, -0.05) is 83.6 Å². The van der Waals surface area contributed by atoms with Crippen molar-refractivity contribution >= 4 is 73.0 Å². The van der Waals surface area contributed by atoms with E-state index >= 15 is 0 Å². The van der Waals surface area contributed by atoms with E-state index in [1.165, 1.54) is 35.2 Å². The summed E-state index contributed by atoms with van der Waals surface area (Å²) in [5, 5.41) is 11.5. The molecule has 3 rings (SSSR count). The second-order valence-corrected chi connectivity index (χ2v) is 11.6. The van der Waals surface area contributed by atoms with Crippen LogP contribution < -0.4 is 9.62 Å². The molecule has 0 bridgehead atoms. The highest BCUT2D eigenvalue weighted by Gasteiger charge is 2.33. The van der Waals surface area contributed by atoms with Gasteiger partial charge in [-0.3, -0.25) is 14.4 Å². The number of rotatable bonds is 9. The highest BCUT2D eigenvalue weighted by molar-refractivity contribution is 8.00. The molecule has 1 aromatic heterocycles. The van der Waals surface area contributed by atoms with Gasteiger partial charge in [0.05, 0.1) is 17.0 Å². The van der Waals surface area contributed by atoms with Crippen molar-refractivity contribution in [3.63, 3.8) is 0 Å². The monoisotopic (exact) mass is 530 g/mol. The first-order valence-corrected chi connectivity index (χ1v) is 13.8. The molecule has 0 saturated heterocycles. The maximum absolute atomic E-state index is 13.0. The Morgan fingerprint density at radius 2 is 1.91 bits per heavy atom. The Balaban J connectivity index is 1.77. The van der Waals surface area contributed by atoms with Crippen LogP contribution in [-0.2, 0) is 20.6 Å². The van der Waals surface area contributed by atoms with Gasteiger partial charge < -0.3 is 0 Å². The highest BCUT2D eigenvalue weighted by Crippen LogP contribution is 2.34. The maximum Gasteiger partial charge on any atom is 0.250 e. The second kappa shape index (κ2) is 10.8. The number of benzene rings is 2. The number of aromatic nitrogens is 2. The molecule has 0 aliphatic rings. The summed E-state index contributed by atoms with van der Waals surface area (Å²) in [5.74, 6) is 0.181. The molecule has 0 aliphatic carbocycles. The Morgan fingerprint density at radius 3 is 2.56 bits per heavy atom. The van der Waals surface area contributed by atoms with Crippen LogP contribution in [0.5, 0.6) is 0 Å². The molecule has 0 radical (unpaired) electrons. The van der Waals surface area contributed by atoms with E-state index in [4.69, 9.17) is 23.2 Å². The topological polar surface area (TPSA) is 92.3 Å². The van der Waals surface area contributed by atoms with Crippen LogP contribution in [-0.4, -0.2) is 36.8 Å². The summed E-state index contributed by atoms with van der Waals surface area (Å²) < 4.78 is 26.9. The smallest absolute Gasteiger partial charge is 0.250 e. The molecule has 0 aliphatic heterocycles. The molecule has 32 heavy (non-hydrogen) atoms. The molecule has 0 fully saturated rings. The van der Waals surface area contributed by atoms with Crippen molar-refractivity contribution in [3.05, 3.63) is 64.1 Å². The lowest BCUT2D eigenvalue weighted by atomic mass is 10.2. The van der Waals surface area contributed by atoms with Gasteiger partial charge in [0.2, 0.25) is 21.1 Å². The van der Waals surface area contributed by atoms with Crippen LogP contribution in [0.2, 0.25) is 10.0 Å². The van der Waals surface area contributed by atoms with Gasteiger partial charge >= 0.3 is 0 Å². The number of halogens is 2. The summed E-state index contributed by atoms with van der Waals surface area (Å²) in [7, 11) is -3.85. The average molecular weight is 532 g/mol. The molecule has 1 amide bonds. The van der Waals surface area contributed by atoms with E-state index in [1.807, 2.05) is 30.3 Å². The zero-order valence-electron chi connectivity index (χ0n) is 17.2. The first kappa shape index (κ1) is 24.8. The SMILES string of the molecule is CC[C@@H](C(=O)Nc1nnc(SCc2ccccc2)s1)N(c1cc(Cl)ccc1Cl)S(C)(=O)=O.